The Hall–Kier alpha value is -4.44. The van der Waals surface area contributed by atoms with E-state index >= 15 is 0 Å². The van der Waals surface area contributed by atoms with E-state index in [2.05, 4.69) is 25.6 Å². The molecule has 10 heteroatoms. The zero-order valence-corrected chi connectivity index (χ0v) is 20.3. The lowest BCUT2D eigenvalue weighted by Gasteiger charge is -2.10. The number of hydrazone groups is 1. The maximum Gasteiger partial charge on any atom is 0.573 e. The lowest BCUT2D eigenvalue weighted by Crippen LogP contribution is -2.23. The zero-order chi connectivity index (χ0) is 26.0. The van der Waals surface area contributed by atoms with Crippen LogP contribution in [0.5, 0.6) is 5.75 Å². The molecule has 0 bridgehead atoms. The number of benzene rings is 4. The third-order valence-electron chi connectivity index (χ3n) is 5.56. The molecule has 0 aliphatic rings. The van der Waals surface area contributed by atoms with Crippen molar-refractivity contribution in [3.05, 3.63) is 96.3 Å². The van der Waals surface area contributed by atoms with Crippen LogP contribution in [0.1, 0.15) is 11.1 Å². The van der Waals surface area contributed by atoms with Crippen LogP contribution in [-0.2, 0) is 0 Å². The van der Waals surface area contributed by atoms with Gasteiger partial charge in [-0.05, 0) is 84.2 Å². The molecule has 5 aromatic rings. The summed E-state index contributed by atoms with van der Waals surface area (Å²) < 4.78 is 43.1. The summed E-state index contributed by atoms with van der Waals surface area (Å²) in [4.78, 5) is 4.55. The van der Waals surface area contributed by atoms with Crippen LogP contribution in [0, 0.1) is 6.92 Å². The summed E-state index contributed by atoms with van der Waals surface area (Å²) >= 11 is 5.29. The van der Waals surface area contributed by atoms with Gasteiger partial charge in [0.2, 0.25) is 0 Å². The van der Waals surface area contributed by atoms with E-state index in [0.29, 0.717) is 10.8 Å². The highest BCUT2D eigenvalue weighted by Gasteiger charge is 2.31. The number of hydrogen-bond acceptors (Lipinski definition) is 4. The van der Waals surface area contributed by atoms with Gasteiger partial charge in [0.15, 0.2) is 5.11 Å². The van der Waals surface area contributed by atoms with Gasteiger partial charge in [-0.2, -0.15) is 5.10 Å². The Kier molecular flexibility index (Phi) is 6.49. The summed E-state index contributed by atoms with van der Waals surface area (Å²) in [5.41, 5.74) is 7.97. The minimum Gasteiger partial charge on any atom is -0.406 e. The summed E-state index contributed by atoms with van der Waals surface area (Å²) in [6, 6.07) is 23.3. The highest BCUT2D eigenvalue weighted by molar-refractivity contribution is 7.80. The largest absolute Gasteiger partial charge is 0.573 e. The fourth-order valence-electron chi connectivity index (χ4n) is 3.97. The van der Waals surface area contributed by atoms with Crippen LogP contribution >= 0.6 is 12.2 Å². The Morgan fingerprint density at radius 2 is 1.84 bits per heavy atom. The molecule has 1 heterocycles. The molecule has 0 aliphatic carbocycles. The van der Waals surface area contributed by atoms with Gasteiger partial charge in [0.25, 0.3) is 0 Å². The van der Waals surface area contributed by atoms with Crippen molar-refractivity contribution >= 4 is 51.0 Å². The Morgan fingerprint density at radius 1 is 1.03 bits per heavy atom. The molecule has 0 saturated carbocycles. The number of hydrogen-bond donors (Lipinski definition) is 2. The second-order valence-corrected chi connectivity index (χ2v) is 8.67. The first-order valence-corrected chi connectivity index (χ1v) is 11.6. The second-order valence-electron chi connectivity index (χ2n) is 8.26. The van der Waals surface area contributed by atoms with Crippen molar-refractivity contribution in [2.24, 2.45) is 5.10 Å². The lowest BCUT2D eigenvalue weighted by molar-refractivity contribution is -0.274. The number of aryl methyl sites for hydroxylation is 1. The molecule has 0 saturated heterocycles. The van der Waals surface area contributed by atoms with E-state index in [1.165, 1.54) is 12.1 Å². The highest BCUT2D eigenvalue weighted by Crippen LogP contribution is 2.28. The summed E-state index contributed by atoms with van der Waals surface area (Å²) in [6.45, 7) is 2.01. The van der Waals surface area contributed by atoms with Crippen LogP contribution in [0.2, 0.25) is 0 Å². The number of fused-ring (bicyclic) bond motifs is 3. The number of alkyl halides is 3. The van der Waals surface area contributed by atoms with Crippen molar-refractivity contribution in [3.63, 3.8) is 0 Å². The summed E-state index contributed by atoms with van der Waals surface area (Å²) in [5.74, 6) is -0.276. The fourth-order valence-corrected chi connectivity index (χ4v) is 4.14. The Morgan fingerprint density at radius 3 is 2.59 bits per heavy atom. The van der Waals surface area contributed by atoms with Gasteiger partial charge in [-0.25, -0.2) is 4.98 Å². The molecule has 0 fully saturated rings. The third-order valence-corrected chi connectivity index (χ3v) is 5.75. The number of thiocarbonyl (C=S) groups is 1. The van der Waals surface area contributed by atoms with Gasteiger partial charge in [-0.1, -0.05) is 30.3 Å². The molecule has 0 amide bonds. The van der Waals surface area contributed by atoms with Crippen LogP contribution in [0.15, 0.2) is 90.3 Å². The van der Waals surface area contributed by atoms with E-state index in [1.54, 1.807) is 24.7 Å². The summed E-state index contributed by atoms with van der Waals surface area (Å²) in [5, 5.41) is 9.60. The van der Waals surface area contributed by atoms with Gasteiger partial charge >= 0.3 is 6.36 Å². The number of halogens is 3. The standard InChI is InChI=1S/C27H20F3N5OS/c1-17-3-2-4-20(13-17)33-26(37)34-32-15-18-5-11-23-19(14-18)6-12-24-25(23)31-16-35(24)21-7-9-22(10-8-21)36-27(28,29)30/h2-16H,1H3,(H2,33,34,37)/b32-15+. The number of nitrogens with zero attached hydrogens (tertiary/aromatic N) is 3. The van der Waals surface area contributed by atoms with E-state index in [9.17, 15) is 13.2 Å². The van der Waals surface area contributed by atoms with E-state index in [1.807, 2.05) is 66.1 Å². The lowest BCUT2D eigenvalue weighted by atomic mass is 10.1. The maximum atomic E-state index is 12.4. The van der Waals surface area contributed by atoms with Crippen molar-refractivity contribution < 1.29 is 17.9 Å². The average molecular weight is 520 g/mol. The Balaban J connectivity index is 1.32. The first-order chi connectivity index (χ1) is 17.7. The van der Waals surface area contributed by atoms with Gasteiger partial charge in [0, 0.05) is 16.8 Å². The molecular weight excluding hydrogens is 499 g/mol. The average Bonchev–Trinajstić information content (AvgIpc) is 3.28. The summed E-state index contributed by atoms with van der Waals surface area (Å²) in [7, 11) is 0. The predicted molar refractivity (Wildman–Crippen MR) is 143 cm³/mol. The van der Waals surface area contributed by atoms with Crippen molar-refractivity contribution in [1.29, 1.82) is 0 Å². The van der Waals surface area contributed by atoms with Crippen LogP contribution in [0.4, 0.5) is 18.9 Å². The van der Waals surface area contributed by atoms with Crippen LogP contribution in [-0.4, -0.2) is 27.2 Å². The monoisotopic (exact) mass is 519 g/mol. The first-order valence-electron chi connectivity index (χ1n) is 11.2. The second kappa shape index (κ2) is 9.90. The third kappa shape index (κ3) is 5.70. The van der Waals surface area contributed by atoms with Crippen molar-refractivity contribution in [2.45, 2.75) is 13.3 Å². The van der Waals surface area contributed by atoms with Crippen LogP contribution < -0.4 is 15.5 Å². The zero-order valence-electron chi connectivity index (χ0n) is 19.5. The van der Waals surface area contributed by atoms with Gasteiger partial charge in [-0.15, -0.1) is 13.2 Å². The van der Waals surface area contributed by atoms with Gasteiger partial charge in [0.05, 0.1) is 17.2 Å². The molecule has 37 heavy (non-hydrogen) atoms. The molecule has 0 aliphatic heterocycles. The molecule has 0 radical (unpaired) electrons. The van der Waals surface area contributed by atoms with Gasteiger partial charge in [0.1, 0.15) is 12.1 Å². The number of nitrogens with one attached hydrogen (secondary N) is 2. The molecular formula is C27H20F3N5OS. The number of rotatable bonds is 5. The van der Waals surface area contributed by atoms with E-state index in [-0.39, 0.29) is 5.75 Å². The Labute approximate surface area is 215 Å². The first kappa shape index (κ1) is 24.3. The van der Waals surface area contributed by atoms with Crippen LogP contribution in [0.25, 0.3) is 27.5 Å². The molecule has 0 unspecified atom stereocenters. The molecule has 5 rings (SSSR count). The number of imidazole rings is 1. The number of aromatic nitrogens is 2. The predicted octanol–water partition coefficient (Wildman–Crippen LogP) is 6.71. The molecule has 4 aromatic carbocycles. The van der Waals surface area contributed by atoms with Crippen molar-refractivity contribution in [3.8, 4) is 11.4 Å². The Bertz CT molecular complexity index is 1630. The topological polar surface area (TPSA) is 63.5 Å². The molecule has 0 atom stereocenters. The van der Waals surface area contributed by atoms with E-state index < -0.39 is 6.36 Å². The fraction of sp³-hybridized carbons (Fsp3) is 0.0741. The molecule has 6 nitrogen and oxygen atoms in total. The highest BCUT2D eigenvalue weighted by atomic mass is 32.1. The molecule has 0 spiro atoms. The van der Waals surface area contributed by atoms with Gasteiger partial charge in [-0.3, -0.25) is 9.99 Å². The number of ether oxygens (including phenoxy) is 1. The number of anilines is 1. The van der Waals surface area contributed by atoms with Crippen molar-refractivity contribution in [2.75, 3.05) is 5.32 Å². The minimum atomic E-state index is -4.73. The minimum absolute atomic E-state index is 0.276. The quantitative estimate of drug-likeness (QED) is 0.154. The van der Waals surface area contributed by atoms with Crippen LogP contribution in [0.3, 0.4) is 0 Å². The van der Waals surface area contributed by atoms with E-state index in [4.69, 9.17) is 12.2 Å². The molecule has 186 valence electrons. The molecule has 2 N–H and O–H groups in total. The molecule has 1 aromatic heterocycles. The normalized spacial score (nSPS) is 11.8. The smallest absolute Gasteiger partial charge is 0.406 e. The summed E-state index contributed by atoms with van der Waals surface area (Å²) in [6.07, 6.45) is -1.41. The van der Waals surface area contributed by atoms with Crippen molar-refractivity contribution in [1.82, 2.24) is 15.0 Å². The van der Waals surface area contributed by atoms with E-state index in [0.717, 1.165) is 38.6 Å². The maximum absolute atomic E-state index is 12.4. The SMILES string of the molecule is Cc1cccc(NC(=S)N/N=C/c2ccc3c(ccc4c3ncn4-c3ccc(OC(F)(F)F)cc3)c2)c1. The van der Waals surface area contributed by atoms with Gasteiger partial charge < -0.3 is 10.1 Å².